The second-order valence-electron chi connectivity index (χ2n) is 5.12. The molecule has 0 saturated carbocycles. The molecule has 2 nitrogen and oxygen atoms in total. The van der Waals surface area contributed by atoms with Crippen molar-refractivity contribution in [2.45, 2.75) is 12.8 Å². The van der Waals surface area contributed by atoms with Gasteiger partial charge in [0.15, 0.2) is 0 Å². The third kappa shape index (κ3) is 10.6. The van der Waals surface area contributed by atoms with Crippen LogP contribution in [0.5, 0.6) is 0 Å². The van der Waals surface area contributed by atoms with E-state index in [9.17, 15) is 0 Å². The molecule has 0 unspecified atom stereocenters. The van der Waals surface area contributed by atoms with E-state index in [4.69, 9.17) is 49.7 Å². The molecule has 0 spiro atoms. The van der Waals surface area contributed by atoms with Crippen molar-refractivity contribution in [3.63, 3.8) is 0 Å². The van der Waals surface area contributed by atoms with Crippen molar-refractivity contribution in [1.29, 1.82) is 0 Å². The number of thiocarbonyl (C=S) groups is 2. The minimum absolute atomic E-state index is 0. The van der Waals surface area contributed by atoms with Gasteiger partial charge in [0.2, 0.25) is 0 Å². The molecule has 0 fully saturated rings. The van der Waals surface area contributed by atoms with E-state index < -0.39 is 0 Å². The smallest absolute Gasteiger partial charge is 0.411 e. The van der Waals surface area contributed by atoms with Crippen LogP contribution in [0.15, 0.2) is 73.8 Å². The molecule has 2 N–H and O–H groups in total. The summed E-state index contributed by atoms with van der Waals surface area (Å²) in [6.45, 7) is 7.38. The van der Waals surface area contributed by atoms with Crippen molar-refractivity contribution in [3.05, 3.63) is 85.0 Å². The first-order chi connectivity index (χ1) is 12.5. The zero-order valence-corrected chi connectivity index (χ0v) is 21.2. The molecule has 0 bridgehead atoms. The monoisotopic (exact) mass is 480 g/mol. The summed E-state index contributed by atoms with van der Waals surface area (Å²) in [5.74, 6) is 0. The summed E-state index contributed by atoms with van der Waals surface area (Å²) in [7, 11) is 0. The van der Waals surface area contributed by atoms with Gasteiger partial charge in [0.05, 0.1) is 0 Å². The minimum atomic E-state index is 0. The number of para-hydroxylation sites is 2. The van der Waals surface area contributed by atoms with Gasteiger partial charge in [-0.2, -0.15) is 0 Å². The Hall–Kier alpha value is -1.24. The van der Waals surface area contributed by atoms with Crippen molar-refractivity contribution >= 4 is 69.7 Å². The fraction of sp³-hybridized carbons (Fsp3) is 0.100. The first-order valence-corrected chi connectivity index (χ1v) is 9.44. The maximum atomic E-state index is 4.80. The number of allylic oxidation sites excluding steroid dienone is 2. The normalized spacial score (nSPS) is 8.89. The van der Waals surface area contributed by atoms with Gasteiger partial charge in [-0.1, -0.05) is 57.2 Å². The van der Waals surface area contributed by atoms with Crippen molar-refractivity contribution < 1.29 is 19.5 Å². The van der Waals surface area contributed by atoms with Crippen LogP contribution in [0.2, 0.25) is 0 Å². The molecule has 0 heterocycles. The van der Waals surface area contributed by atoms with E-state index in [0.717, 1.165) is 35.3 Å². The zero-order valence-electron chi connectivity index (χ0n) is 14.9. The van der Waals surface area contributed by atoms with Crippen molar-refractivity contribution in [2.24, 2.45) is 0 Å². The average Bonchev–Trinajstić information content (AvgIpc) is 2.59. The fourth-order valence-electron chi connectivity index (χ4n) is 2.17. The largest absolute Gasteiger partial charge is 2.00 e. The second-order valence-corrected chi connectivity index (χ2v) is 7.27. The Kier molecular flexibility index (Phi) is 14.1. The molecule has 0 aromatic heterocycles. The molecule has 0 radical (unpaired) electrons. The summed E-state index contributed by atoms with van der Waals surface area (Å²) in [4.78, 5) is 0. The molecule has 0 aliphatic heterocycles. The van der Waals surface area contributed by atoms with Crippen LogP contribution in [-0.4, -0.2) is 8.64 Å². The molecular weight excluding hydrogens is 462 g/mol. The van der Waals surface area contributed by atoms with Crippen molar-refractivity contribution in [3.8, 4) is 0 Å². The van der Waals surface area contributed by atoms with E-state index in [1.807, 2.05) is 60.7 Å². The van der Waals surface area contributed by atoms with Gasteiger partial charge in [-0.15, -0.1) is 13.2 Å². The summed E-state index contributed by atoms with van der Waals surface area (Å²) in [6, 6.07) is 15.8. The molecule has 0 amide bonds. The Balaban J connectivity index is 0.000000483. The molecule has 2 rings (SSSR count). The Morgan fingerprint density at radius 3 is 1.41 bits per heavy atom. The Bertz CT molecular complexity index is 713. The van der Waals surface area contributed by atoms with Crippen LogP contribution in [0.3, 0.4) is 0 Å². The van der Waals surface area contributed by atoms with Crippen LogP contribution in [0.1, 0.15) is 11.1 Å². The molecule has 2 aromatic carbocycles. The third-order valence-electron chi connectivity index (χ3n) is 3.24. The predicted octanol–water partition coefficient (Wildman–Crippen LogP) is 5.32. The SMILES string of the molecule is C=CCc1ccccc1NC(=S)[S-].C=CCc1ccccc1NC(=S)[S-].[Zn+2]. The molecule has 0 aliphatic rings. The van der Waals surface area contributed by atoms with Gasteiger partial charge in [-0.05, 0) is 36.1 Å². The van der Waals surface area contributed by atoms with Gasteiger partial charge < -0.3 is 60.3 Å². The first kappa shape index (κ1) is 25.8. The van der Waals surface area contributed by atoms with Gasteiger partial charge in [-0.3, -0.25) is 0 Å². The first-order valence-electron chi connectivity index (χ1n) is 7.81. The van der Waals surface area contributed by atoms with Crippen molar-refractivity contribution in [1.82, 2.24) is 0 Å². The summed E-state index contributed by atoms with van der Waals surface area (Å²) in [6.07, 6.45) is 5.35. The average molecular weight is 482 g/mol. The number of anilines is 2. The maximum Gasteiger partial charge on any atom is 2.00 e. The molecule has 27 heavy (non-hydrogen) atoms. The maximum absolute atomic E-state index is 4.80. The number of rotatable bonds is 6. The zero-order chi connectivity index (χ0) is 19.4. The molecule has 0 aliphatic carbocycles. The van der Waals surface area contributed by atoms with E-state index in [0.29, 0.717) is 8.64 Å². The summed E-state index contributed by atoms with van der Waals surface area (Å²) in [5, 5.41) is 5.91. The summed E-state index contributed by atoms with van der Waals surface area (Å²) >= 11 is 19.2. The topological polar surface area (TPSA) is 24.1 Å². The standard InChI is InChI=1S/2C10H11NS2.Zn/c2*1-2-5-8-6-3-4-7-9(8)11-10(12)13;/h2*2-4,6-7H,1,5H2,(H2,11,12,13);/q;;+2/p-2. The summed E-state index contributed by atoms with van der Waals surface area (Å²) in [5.41, 5.74) is 4.26. The Morgan fingerprint density at radius 1 is 0.778 bits per heavy atom. The van der Waals surface area contributed by atoms with E-state index >= 15 is 0 Å². The molecule has 2 aromatic rings. The Morgan fingerprint density at radius 2 is 1.11 bits per heavy atom. The minimum Gasteiger partial charge on any atom is -0.411 e. The van der Waals surface area contributed by atoms with E-state index in [1.165, 1.54) is 0 Å². The number of hydrogen-bond acceptors (Lipinski definition) is 4. The van der Waals surface area contributed by atoms with Crippen LogP contribution in [-0.2, 0) is 57.6 Å². The van der Waals surface area contributed by atoms with Gasteiger partial charge in [0.1, 0.15) is 0 Å². The number of nitrogens with one attached hydrogen (secondary N) is 2. The van der Waals surface area contributed by atoms with Gasteiger partial charge in [0.25, 0.3) is 0 Å². The van der Waals surface area contributed by atoms with Gasteiger partial charge in [-0.25, -0.2) is 0 Å². The molecule has 136 valence electrons. The van der Waals surface area contributed by atoms with Gasteiger partial charge >= 0.3 is 19.5 Å². The van der Waals surface area contributed by atoms with Crippen LogP contribution in [0.25, 0.3) is 0 Å². The second kappa shape index (κ2) is 14.8. The molecule has 7 heteroatoms. The van der Waals surface area contributed by atoms with Crippen LogP contribution < -0.4 is 10.6 Å². The molecule has 0 atom stereocenters. The number of benzene rings is 2. The number of hydrogen-bond donors (Lipinski definition) is 2. The quantitative estimate of drug-likeness (QED) is 0.251. The predicted molar refractivity (Wildman–Crippen MR) is 128 cm³/mol. The van der Waals surface area contributed by atoms with Crippen LogP contribution in [0, 0.1) is 0 Å². The van der Waals surface area contributed by atoms with E-state index in [-0.39, 0.29) is 19.5 Å². The molecule has 0 saturated heterocycles. The van der Waals surface area contributed by atoms with Crippen molar-refractivity contribution in [2.75, 3.05) is 10.6 Å². The van der Waals surface area contributed by atoms with Gasteiger partial charge in [0, 0.05) is 11.4 Å². The van der Waals surface area contributed by atoms with Crippen LogP contribution in [0.4, 0.5) is 11.4 Å². The summed E-state index contributed by atoms with van der Waals surface area (Å²) < 4.78 is 0.744. The fourth-order valence-corrected chi connectivity index (χ4v) is 2.61. The molecular formula is C20H20N2S4Zn. The van der Waals surface area contributed by atoms with Crippen LogP contribution >= 0.6 is 24.4 Å². The third-order valence-corrected chi connectivity index (χ3v) is 3.64. The van der Waals surface area contributed by atoms with E-state index in [1.54, 1.807) is 0 Å². The van der Waals surface area contributed by atoms with E-state index in [2.05, 4.69) is 23.8 Å². The Labute approximate surface area is 196 Å².